The monoisotopic (exact) mass is 636 g/mol. The van der Waals surface area contributed by atoms with Gasteiger partial charge in [0.2, 0.25) is 0 Å². The van der Waals surface area contributed by atoms with Crippen molar-refractivity contribution < 1.29 is 0 Å². The Balaban J connectivity index is 1.16. The predicted molar refractivity (Wildman–Crippen MR) is 207 cm³/mol. The third-order valence-electron chi connectivity index (χ3n) is 9.71. The van der Waals surface area contributed by atoms with E-state index < -0.39 is 0 Å². The van der Waals surface area contributed by atoms with E-state index in [0.29, 0.717) is 17.5 Å². The molecule has 4 heteroatoms. The molecule has 0 aliphatic carbocycles. The topological polar surface area (TPSA) is 51.6 Å². The van der Waals surface area contributed by atoms with E-state index in [2.05, 4.69) is 164 Å². The Morgan fingerprint density at radius 1 is 0.320 bits per heavy atom. The Hall–Kier alpha value is -6.78. The van der Waals surface area contributed by atoms with Crippen LogP contribution in [0.1, 0.15) is 0 Å². The van der Waals surface area contributed by atoms with Gasteiger partial charge in [0.1, 0.15) is 0 Å². The summed E-state index contributed by atoms with van der Waals surface area (Å²) in [5.41, 5.74) is 5.98. The number of benzene rings is 8. The van der Waals surface area contributed by atoms with Crippen molar-refractivity contribution in [3.05, 3.63) is 170 Å². The van der Waals surface area contributed by atoms with E-state index >= 15 is 0 Å². The van der Waals surface area contributed by atoms with Gasteiger partial charge >= 0.3 is 0 Å². The summed E-state index contributed by atoms with van der Waals surface area (Å²) in [5, 5.41) is 10.6. The van der Waals surface area contributed by atoms with Gasteiger partial charge in [0.25, 0.3) is 0 Å². The molecule has 0 spiro atoms. The Labute approximate surface area is 288 Å². The molecule has 0 amide bonds. The first-order chi connectivity index (χ1) is 24.7. The fourth-order valence-corrected chi connectivity index (χ4v) is 7.19. The standard InChI is InChI=1S/C46H28N4/c1-2-11-35-26-36(23-16-29(35)8-1)45-48-44(34-21-18-32(19-22-34)39-15-7-12-30-9-3-5-13-38(30)39)49-46(50-45)37-27-41-42(47-28-37)25-24-33-20-17-31-10-4-6-14-40(31)43(33)41/h1-28H. The third kappa shape index (κ3) is 4.77. The summed E-state index contributed by atoms with van der Waals surface area (Å²) >= 11 is 0. The summed E-state index contributed by atoms with van der Waals surface area (Å²) in [7, 11) is 0. The number of pyridine rings is 1. The average Bonchev–Trinajstić information content (AvgIpc) is 3.20. The molecule has 8 aromatic carbocycles. The van der Waals surface area contributed by atoms with E-state index in [-0.39, 0.29) is 0 Å². The van der Waals surface area contributed by atoms with Gasteiger partial charge in [0, 0.05) is 28.3 Å². The molecule has 0 radical (unpaired) electrons. The van der Waals surface area contributed by atoms with Crippen LogP contribution in [0.25, 0.3) is 99.3 Å². The van der Waals surface area contributed by atoms with Gasteiger partial charge in [-0.3, -0.25) is 4.98 Å². The molecule has 0 unspecified atom stereocenters. The SMILES string of the molecule is c1ccc2cc(-c3nc(-c4ccc(-c5cccc6ccccc56)cc4)nc(-c4cnc5ccc6ccc7ccccc7c6c5c4)n3)ccc2c1. The van der Waals surface area contributed by atoms with E-state index in [1.54, 1.807) is 0 Å². The Bertz CT molecular complexity index is 2920. The number of hydrogen-bond donors (Lipinski definition) is 0. The second-order valence-electron chi connectivity index (χ2n) is 12.7. The second kappa shape index (κ2) is 11.4. The molecular weight excluding hydrogens is 609 g/mol. The summed E-state index contributed by atoms with van der Waals surface area (Å²) in [4.78, 5) is 20.2. The first-order valence-corrected chi connectivity index (χ1v) is 16.8. The van der Waals surface area contributed by atoms with E-state index in [4.69, 9.17) is 19.9 Å². The Morgan fingerprint density at radius 3 is 1.70 bits per heavy atom. The van der Waals surface area contributed by atoms with Crippen LogP contribution in [0.15, 0.2) is 170 Å². The van der Waals surface area contributed by atoms with Gasteiger partial charge < -0.3 is 0 Å². The van der Waals surface area contributed by atoms with Crippen molar-refractivity contribution in [1.29, 1.82) is 0 Å². The van der Waals surface area contributed by atoms with Gasteiger partial charge in [-0.2, -0.15) is 0 Å². The fraction of sp³-hybridized carbons (Fsp3) is 0. The fourth-order valence-electron chi connectivity index (χ4n) is 7.19. The van der Waals surface area contributed by atoms with Gasteiger partial charge in [-0.25, -0.2) is 15.0 Å². The van der Waals surface area contributed by atoms with Crippen molar-refractivity contribution in [3.8, 4) is 45.3 Å². The maximum atomic E-state index is 5.10. The highest BCUT2D eigenvalue weighted by Gasteiger charge is 2.15. The van der Waals surface area contributed by atoms with Gasteiger partial charge in [0.15, 0.2) is 17.5 Å². The number of aromatic nitrogens is 4. The minimum atomic E-state index is 0.586. The van der Waals surface area contributed by atoms with Crippen LogP contribution in [0, 0.1) is 0 Å². The second-order valence-corrected chi connectivity index (χ2v) is 12.7. The minimum absolute atomic E-state index is 0.586. The molecule has 0 N–H and O–H groups in total. The molecular formula is C46H28N4. The zero-order valence-corrected chi connectivity index (χ0v) is 27.0. The molecule has 0 saturated carbocycles. The quantitative estimate of drug-likeness (QED) is 0.180. The molecule has 50 heavy (non-hydrogen) atoms. The van der Waals surface area contributed by atoms with Crippen LogP contribution in [-0.4, -0.2) is 19.9 Å². The van der Waals surface area contributed by atoms with E-state index in [0.717, 1.165) is 38.5 Å². The normalized spacial score (nSPS) is 11.6. The molecule has 0 aliphatic heterocycles. The van der Waals surface area contributed by atoms with Crippen LogP contribution in [0.2, 0.25) is 0 Å². The zero-order valence-electron chi connectivity index (χ0n) is 27.0. The summed E-state index contributed by atoms with van der Waals surface area (Å²) in [6.45, 7) is 0. The minimum Gasteiger partial charge on any atom is -0.255 e. The highest BCUT2D eigenvalue weighted by atomic mass is 15.0. The van der Waals surface area contributed by atoms with Crippen LogP contribution < -0.4 is 0 Å². The van der Waals surface area contributed by atoms with Gasteiger partial charge in [-0.1, -0.05) is 146 Å². The lowest BCUT2D eigenvalue weighted by Crippen LogP contribution is -2.00. The Morgan fingerprint density at radius 2 is 0.880 bits per heavy atom. The van der Waals surface area contributed by atoms with E-state index in [1.807, 2.05) is 6.20 Å². The molecule has 2 heterocycles. The summed E-state index contributed by atoms with van der Waals surface area (Å²) in [5.74, 6) is 1.83. The van der Waals surface area contributed by atoms with Crippen LogP contribution in [0.3, 0.4) is 0 Å². The van der Waals surface area contributed by atoms with Crippen LogP contribution in [0.5, 0.6) is 0 Å². The lowest BCUT2D eigenvalue weighted by molar-refractivity contribution is 1.07. The maximum Gasteiger partial charge on any atom is 0.165 e. The molecule has 2 aromatic heterocycles. The molecule has 10 aromatic rings. The number of rotatable bonds is 4. The summed E-state index contributed by atoms with van der Waals surface area (Å²) in [6.07, 6.45) is 1.88. The van der Waals surface area contributed by atoms with E-state index in [9.17, 15) is 0 Å². The molecule has 4 nitrogen and oxygen atoms in total. The van der Waals surface area contributed by atoms with Crippen molar-refractivity contribution in [2.75, 3.05) is 0 Å². The van der Waals surface area contributed by atoms with Crippen molar-refractivity contribution in [2.24, 2.45) is 0 Å². The first kappa shape index (κ1) is 28.3. The highest BCUT2D eigenvalue weighted by Crippen LogP contribution is 2.35. The van der Waals surface area contributed by atoms with Crippen molar-refractivity contribution >= 4 is 54.0 Å². The number of hydrogen-bond acceptors (Lipinski definition) is 4. The smallest absolute Gasteiger partial charge is 0.165 e. The maximum absolute atomic E-state index is 5.10. The number of nitrogens with zero attached hydrogens (tertiary/aromatic N) is 4. The predicted octanol–water partition coefficient (Wildman–Crippen LogP) is 11.7. The van der Waals surface area contributed by atoms with Gasteiger partial charge in [-0.05, 0) is 72.4 Å². The largest absolute Gasteiger partial charge is 0.255 e. The molecule has 0 saturated heterocycles. The van der Waals surface area contributed by atoms with Crippen molar-refractivity contribution in [3.63, 3.8) is 0 Å². The molecule has 0 bridgehead atoms. The molecule has 0 fully saturated rings. The zero-order chi connectivity index (χ0) is 33.0. The molecule has 0 aliphatic rings. The summed E-state index contributed by atoms with van der Waals surface area (Å²) in [6, 6.07) is 57.5. The summed E-state index contributed by atoms with van der Waals surface area (Å²) < 4.78 is 0. The average molecular weight is 637 g/mol. The van der Waals surface area contributed by atoms with Crippen LogP contribution in [0.4, 0.5) is 0 Å². The van der Waals surface area contributed by atoms with Crippen LogP contribution >= 0.6 is 0 Å². The lowest BCUT2D eigenvalue weighted by Gasteiger charge is -2.12. The first-order valence-electron chi connectivity index (χ1n) is 16.8. The lowest BCUT2D eigenvalue weighted by atomic mass is 9.97. The van der Waals surface area contributed by atoms with Gasteiger partial charge in [-0.15, -0.1) is 0 Å². The Kier molecular flexibility index (Phi) is 6.46. The van der Waals surface area contributed by atoms with Crippen LogP contribution in [-0.2, 0) is 0 Å². The van der Waals surface area contributed by atoms with Gasteiger partial charge in [0.05, 0.1) is 5.52 Å². The molecule has 10 rings (SSSR count). The highest BCUT2D eigenvalue weighted by molar-refractivity contribution is 6.20. The van der Waals surface area contributed by atoms with Crippen molar-refractivity contribution in [2.45, 2.75) is 0 Å². The molecule has 232 valence electrons. The third-order valence-corrected chi connectivity index (χ3v) is 9.71. The van der Waals surface area contributed by atoms with E-state index in [1.165, 1.54) is 43.3 Å². The van der Waals surface area contributed by atoms with Crippen molar-refractivity contribution in [1.82, 2.24) is 19.9 Å². The number of fused-ring (bicyclic) bond motifs is 7. The molecule has 0 atom stereocenters.